The number of phenolic OH excluding ortho intramolecular Hbond substituents is 6. The van der Waals surface area contributed by atoms with Crippen molar-refractivity contribution in [1.82, 2.24) is 47.4 Å². The Morgan fingerprint density at radius 1 is 0.544 bits per heavy atom. The SMILES string of the molecule is CCCCCCCCCCNC(=O)[C@H]1NC(=O)[C@H]2NC(=O)[C@@H](NC(=O)[C@H]3NC(=O)[C@H]4NC(=O)[C@H](Cc5ccc(c(Cl)c5)Oc5cc3cc(c5O)Oc3ccc(cc3Cl)C2O)NC(=O)[C@H](N)c2ccc(O)c(c2)Oc2cc(O)cc4c2)c2ccc(O)c(c2)-c2c1cc(O)c(CNCCCN(C)C)c2O. The second-order valence-electron chi connectivity index (χ2n) is 26.1. The molecule has 8 atom stereocenters. The van der Waals surface area contributed by atoms with Crippen LogP contribution >= 0.6 is 23.2 Å². The lowest BCUT2D eigenvalue weighted by Crippen LogP contribution is -2.56. The number of nitrogens with zero attached hydrogens (tertiary/aromatic N) is 1. The summed E-state index contributed by atoms with van der Waals surface area (Å²) in [4.78, 5) is 109. The van der Waals surface area contributed by atoms with Gasteiger partial charge in [0.15, 0.2) is 23.0 Å². The fraction of sp³-hybridized carbons (Fsp3) is 0.338. The number of aliphatic hydroxyl groups excluding tert-OH is 1. The molecule has 7 amide bonds. The van der Waals surface area contributed by atoms with Gasteiger partial charge in [-0.25, -0.2) is 0 Å². The molecule has 0 aliphatic carbocycles. The Balaban J connectivity index is 1.10. The number of unbranched alkanes of at least 4 members (excludes halogenated alkanes) is 7. The standard InChI is InChI=1S/C74H80Cl2N10O17/c1-4-5-6-7-8-9-10-11-22-79-70(96)63-45-34-52(90)46(35-78-21-12-23-86(2)3)66(92)58(45)44-28-38(15-17-50(44)88)60-71(97)85-64(74(100)84-63)65(91)39-16-20-54(48(76)29-39)103-57-32-41-31-56(67(57)93)102-53-19-13-36(24-47(53)75)25-49-68(94)81-61(72(98)83-62(41)73(99)82-60)40-26-42(87)33-43(27-40)101-55-30-37(14-18-51(55)89)59(77)69(95)80-49/h13-20,24,26-34,49,59-65,78,87-93H,4-12,21-23,25,35,77H2,1-3H3,(H,79,96)(H,80,95)(H,81,94)(H,82,99)(H,83,98)(H,84,100)(H,85,97)/t49-,59+,60-,61-,62-,63-,64-,65?/m0/s1. The number of nitrogens with two attached hydrogens (primary N) is 1. The third-order valence-corrected chi connectivity index (χ3v) is 18.9. The van der Waals surface area contributed by atoms with Crippen molar-refractivity contribution in [2.75, 3.05) is 33.7 Å². The van der Waals surface area contributed by atoms with Crippen molar-refractivity contribution in [2.24, 2.45) is 5.73 Å². The molecule has 17 bridgehead atoms. The van der Waals surface area contributed by atoms with Gasteiger partial charge in [0.25, 0.3) is 0 Å². The lowest BCUT2D eigenvalue weighted by atomic mass is 9.87. The summed E-state index contributed by atoms with van der Waals surface area (Å²) in [6.45, 7) is 3.15. The molecular formula is C74H80Cl2N10O17. The average Bonchev–Trinajstić information content (AvgIpc) is 0.755. The van der Waals surface area contributed by atoms with Gasteiger partial charge in [-0.2, -0.15) is 0 Å². The maximum Gasteiger partial charge on any atom is 0.248 e. The van der Waals surface area contributed by atoms with Crippen molar-refractivity contribution in [3.8, 4) is 80.1 Å². The minimum Gasteiger partial charge on any atom is -0.508 e. The fourth-order valence-electron chi connectivity index (χ4n) is 12.8. The Morgan fingerprint density at radius 2 is 1.15 bits per heavy atom. The lowest BCUT2D eigenvalue weighted by molar-refractivity contribution is -0.137. The molecule has 7 aromatic rings. The van der Waals surface area contributed by atoms with Crippen LogP contribution in [0.2, 0.25) is 10.0 Å². The normalized spacial score (nSPS) is 20.3. The summed E-state index contributed by atoms with van der Waals surface area (Å²) in [5.74, 6) is -13.1. The van der Waals surface area contributed by atoms with Crippen LogP contribution < -0.4 is 62.5 Å². The molecule has 0 aromatic heterocycles. The summed E-state index contributed by atoms with van der Waals surface area (Å²) in [5.41, 5.74) is 5.09. The Bertz CT molecular complexity index is 4440. The average molecular weight is 1450 g/mol. The molecular weight excluding hydrogens is 1370 g/mol. The third kappa shape index (κ3) is 16.8. The van der Waals surface area contributed by atoms with Crippen LogP contribution in [0.25, 0.3) is 11.1 Å². The molecule has 17 N–H and O–H groups in total. The highest BCUT2D eigenvalue weighted by molar-refractivity contribution is 6.32. The highest BCUT2D eigenvalue weighted by Gasteiger charge is 2.42. The van der Waals surface area contributed by atoms with Crippen LogP contribution in [0, 0.1) is 0 Å². The summed E-state index contributed by atoms with van der Waals surface area (Å²) in [5, 5.41) is 106. The number of rotatable bonds is 16. The molecule has 27 nitrogen and oxygen atoms in total. The van der Waals surface area contributed by atoms with E-state index >= 15 is 24.0 Å². The van der Waals surface area contributed by atoms with E-state index < -0.39 is 136 Å². The van der Waals surface area contributed by atoms with E-state index in [1.807, 2.05) is 19.0 Å². The van der Waals surface area contributed by atoms with E-state index in [2.05, 4.69) is 49.5 Å². The number of carbonyl (C=O) groups is 7. The Labute approximate surface area is 602 Å². The Hall–Kier alpha value is -10.6. The largest absolute Gasteiger partial charge is 0.508 e. The van der Waals surface area contributed by atoms with Gasteiger partial charge >= 0.3 is 0 Å². The molecule has 542 valence electrons. The summed E-state index contributed by atoms with van der Waals surface area (Å²) in [7, 11) is 3.79. The van der Waals surface area contributed by atoms with Crippen molar-refractivity contribution in [3.63, 3.8) is 0 Å². The molecule has 0 radical (unpaired) electrons. The first kappa shape index (κ1) is 73.7. The summed E-state index contributed by atoms with van der Waals surface area (Å²) in [6.07, 6.45) is 5.71. The molecule has 6 heterocycles. The first-order valence-corrected chi connectivity index (χ1v) is 34.5. The Morgan fingerprint density at radius 3 is 1.83 bits per heavy atom. The number of hydrogen-bond donors (Lipinski definition) is 16. The number of amides is 7. The number of aromatic hydroxyl groups is 6. The van der Waals surface area contributed by atoms with Gasteiger partial charge in [0, 0.05) is 36.7 Å². The van der Waals surface area contributed by atoms with Gasteiger partial charge in [-0.05, 0) is 158 Å². The van der Waals surface area contributed by atoms with Gasteiger partial charge in [-0.1, -0.05) is 99.3 Å². The summed E-state index contributed by atoms with van der Waals surface area (Å²) >= 11 is 14.0. The molecule has 103 heavy (non-hydrogen) atoms. The predicted molar refractivity (Wildman–Crippen MR) is 378 cm³/mol. The van der Waals surface area contributed by atoms with Gasteiger partial charge in [-0.15, -0.1) is 0 Å². The molecule has 0 saturated heterocycles. The van der Waals surface area contributed by atoms with Gasteiger partial charge in [0.1, 0.15) is 88.6 Å². The minimum atomic E-state index is -2.17. The molecule has 0 saturated carbocycles. The topological polar surface area (TPSA) is 414 Å². The number of benzene rings is 7. The fourth-order valence-corrected chi connectivity index (χ4v) is 13.3. The van der Waals surface area contributed by atoms with E-state index in [1.165, 1.54) is 72.8 Å². The zero-order valence-electron chi connectivity index (χ0n) is 56.4. The Kier molecular flexibility index (Phi) is 23.0. The monoisotopic (exact) mass is 1450 g/mol. The smallest absolute Gasteiger partial charge is 0.248 e. The number of halogens is 2. The molecule has 6 aliphatic rings. The van der Waals surface area contributed by atoms with Crippen molar-refractivity contribution in [3.05, 3.63) is 164 Å². The molecule has 0 fully saturated rings. The highest BCUT2D eigenvalue weighted by atomic mass is 35.5. The first-order chi connectivity index (χ1) is 49.3. The number of carbonyl (C=O) groups excluding carboxylic acids is 7. The predicted octanol–water partition coefficient (Wildman–Crippen LogP) is 8.20. The van der Waals surface area contributed by atoms with Crippen LogP contribution in [0.15, 0.2) is 109 Å². The van der Waals surface area contributed by atoms with E-state index in [0.717, 1.165) is 81.3 Å². The van der Waals surface area contributed by atoms with Crippen molar-refractivity contribution in [1.29, 1.82) is 0 Å². The quantitative estimate of drug-likeness (QED) is 0.0405. The van der Waals surface area contributed by atoms with E-state index in [-0.39, 0.29) is 103 Å². The van der Waals surface area contributed by atoms with Crippen LogP contribution in [0.4, 0.5) is 0 Å². The van der Waals surface area contributed by atoms with E-state index in [0.29, 0.717) is 31.5 Å². The van der Waals surface area contributed by atoms with Crippen molar-refractivity contribution >= 4 is 64.6 Å². The number of hydrogen-bond acceptors (Lipinski definition) is 20. The van der Waals surface area contributed by atoms with Crippen LogP contribution in [0.1, 0.15) is 146 Å². The molecule has 7 aromatic carbocycles. The van der Waals surface area contributed by atoms with Crippen LogP contribution in [0.5, 0.6) is 69.0 Å². The van der Waals surface area contributed by atoms with Gasteiger partial charge in [-0.3, -0.25) is 33.6 Å². The highest BCUT2D eigenvalue weighted by Crippen LogP contribution is 2.49. The van der Waals surface area contributed by atoms with Crippen molar-refractivity contribution < 1.29 is 83.5 Å². The molecule has 13 rings (SSSR count). The summed E-state index contributed by atoms with van der Waals surface area (Å²) in [6, 6.07) is 8.85. The molecule has 0 spiro atoms. The molecule has 6 aliphatic heterocycles. The zero-order valence-corrected chi connectivity index (χ0v) is 57.9. The minimum absolute atomic E-state index is 0.102. The van der Waals surface area contributed by atoms with E-state index in [4.69, 9.17) is 43.1 Å². The van der Waals surface area contributed by atoms with Crippen molar-refractivity contribution in [2.45, 2.75) is 126 Å². The van der Waals surface area contributed by atoms with Gasteiger partial charge < -0.3 is 103 Å². The number of phenols is 6. The maximum atomic E-state index is 16.1. The maximum absolute atomic E-state index is 16.1. The van der Waals surface area contributed by atoms with E-state index in [9.17, 15) is 45.3 Å². The van der Waals surface area contributed by atoms with E-state index in [1.54, 1.807) is 0 Å². The number of ether oxygens (including phenoxy) is 3. The van der Waals surface area contributed by atoms with Crippen LogP contribution in [-0.2, 0) is 46.5 Å². The lowest BCUT2D eigenvalue weighted by Gasteiger charge is -2.32. The number of fused-ring (bicyclic) bond motifs is 14. The van der Waals surface area contributed by atoms with Gasteiger partial charge in [0.2, 0.25) is 47.1 Å². The van der Waals surface area contributed by atoms with Gasteiger partial charge in [0.05, 0.1) is 15.6 Å². The van der Waals surface area contributed by atoms with Crippen LogP contribution in [-0.4, -0.2) is 128 Å². The molecule has 1 unspecified atom stereocenters. The number of nitrogens with one attached hydrogen (secondary N) is 8. The van der Waals surface area contributed by atoms with Crippen LogP contribution in [0.3, 0.4) is 0 Å². The molecule has 29 heteroatoms. The zero-order chi connectivity index (χ0) is 73.5. The summed E-state index contributed by atoms with van der Waals surface area (Å²) < 4.78 is 18.7. The number of aliphatic hydroxyl groups is 1. The third-order valence-electron chi connectivity index (χ3n) is 18.3. The second kappa shape index (κ2) is 32.2. The second-order valence-corrected chi connectivity index (χ2v) is 26.9. The first-order valence-electron chi connectivity index (χ1n) is 33.8.